The number of aromatic nitrogens is 2. The van der Waals surface area contributed by atoms with Crippen molar-refractivity contribution in [2.24, 2.45) is 5.92 Å². The first-order valence-corrected chi connectivity index (χ1v) is 11.3. The monoisotopic (exact) mass is 431 g/mol. The van der Waals surface area contributed by atoms with E-state index in [9.17, 15) is 9.59 Å². The maximum absolute atomic E-state index is 12.9. The number of nitrogens with one attached hydrogen (secondary N) is 1. The van der Waals surface area contributed by atoms with E-state index in [4.69, 9.17) is 4.98 Å². The largest absolute Gasteiger partial charge is 0.336 e. The topological polar surface area (TPSA) is 70.0 Å². The maximum atomic E-state index is 12.9. The minimum Gasteiger partial charge on any atom is -0.336 e. The second kappa shape index (κ2) is 8.39. The predicted octanol–water partition coefficient (Wildman–Crippen LogP) is 3.26. The Morgan fingerprint density at radius 1 is 1.03 bits per heavy atom. The number of pyridine rings is 1. The average molecular weight is 432 g/mol. The number of benzene rings is 1. The number of anilines is 1. The second-order valence-corrected chi connectivity index (χ2v) is 8.99. The van der Waals surface area contributed by atoms with Gasteiger partial charge in [-0.05, 0) is 68.7 Å². The highest BCUT2D eigenvalue weighted by atomic mass is 16.2. The maximum Gasteiger partial charge on any atom is 0.253 e. The summed E-state index contributed by atoms with van der Waals surface area (Å²) in [6.45, 7) is 8.04. The van der Waals surface area contributed by atoms with Crippen LogP contribution in [0.15, 0.2) is 42.6 Å². The smallest absolute Gasteiger partial charge is 0.253 e. The number of amides is 2. The molecular formula is C25H29N5O2. The number of piperazine rings is 1. The lowest BCUT2D eigenvalue weighted by molar-refractivity contribution is -0.117. The van der Waals surface area contributed by atoms with Gasteiger partial charge in [-0.15, -0.1) is 0 Å². The Bertz CT molecular complexity index is 1160. The molecule has 2 aromatic heterocycles. The quantitative estimate of drug-likeness (QED) is 0.673. The molecule has 1 saturated heterocycles. The Morgan fingerprint density at radius 3 is 2.44 bits per heavy atom. The zero-order valence-corrected chi connectivity index (χ0v) is 18.7. The number of aryl methyl sites for hydroxylation is 2. The number of hydrogen-bond acceptors (Lipinski definition) is 4. The lowest BCUT2D eigenvalue weighted by Crippen LogP contribution is -2.48. The molecule has 2 amide bonds. The Kier molecular flexibility index (Phi) is 5.43. The van der Waals surface area contributed by atoms with E-state index in [2.05, 4.69) is 46.8 Å². The number of nitrogens with zero attached hydrogens (tertiary/aromatic N) is 4. The summed E-state index contributed by atoms with van der Waals surface area (Å²) in [4.78, 5) is 33.8. The summed E-state index contributed by atoms with van der Waals surface area (Å²) in [5.41, 5.74) is 5.88. The van der Waals surface area contributed by atoms with Gasteiger partial charge in [0.15, 0.2) is 0 Å². The van der Waals surface area contributed by atoms with Crippen molar-refractivity contribution in [2.45, 2.75) is 33.2 Å². The van der Waals surface area contributed by atoms with Crippen LogP contribution in [0.4, 0.5) is 5.69 Å². The zero-order valence-electron chi connectivity index (χ0n) is 18.7. The minimum absolute atomic E-state index is 0.0474. The van der Waals surface area contributed by atoms with Crippen LogP contribution in [0.2, 0.25) is 0 Å². The van der Waals surface area contributed by atoms with Crippen molar-refractivity contribution in [1.82, 2.24) is 19.2 Å². The molecule has 3 heterocycles. The number of carbonyl (C=O) groups is 2. The summed E-state index contributed by atoms with van der Waals surface area (Å²) in [5.74, 6) is 0.295. The molecule has 0 atom stereocenters. The fourth-order valence-corrected chi connectivity index (χ4v) is 4.29. The molecule has 166 valence electrons. The van der Waals surface area contributed by atoms with Crippen LogP contribution in [0.1, 0.15) is 40.2 Å². The van der Waals surface area contributed by atoms with E-state index >= 15 is 0 Å². The van der Waals surface area contributed by atoms with Gasteiger partial charge in [-0.2, -0.15) is 0 Å². The van der Waals surface area contributed by atoms with Gasteiger partial charge in [-0.1, -0.05) is 0 Å². The Hall–Kier alpha value is -3.19. The molecule has 7 heteroatoms. The van der Waals surface area contributed by atoms with Gasteiger partial charge in [0.05, 0.1) is 11.4 Å². The Labute approximate surface area is 188 Å². The van der Waals surface area contributed by atoms with Gasteiger partial charge >= 0.3 is 0 Å². The first kappa shape index (κ1) is 20.7. The van der Waals surface area contributed by atoms with Crippen molar-refractivity contribution in [3.8, 4) is 0 Å². The summed E-state index contributed by atoms with van der Waals surface area (Å²) in [6.07, 6.45) is 4.05. The first-order valence-electron chi connectivity index (χ1n) is 11.3. The van der Waals surface area contributed by atoms with E-state index in [1.165, 1.54) is 11.3 Å². The lowest BCUT2D eigenvalue weighted by Gasteiger charge is -2.34. The van der Waals surface area contributed by atoms with Gasteiger partial charge in [0.1, 0.15) is 5.65 Å². The molecule has 32 heavy (non-hydrogen) atoms. The van der Waals surface area contributed by atoms with Crippen LogP contribution in [0.3, 0.4) is 0 Å². The molecule has 5 rings (SSSR count). The van der Waals surface area contributed by atoms with Crippen molar-refractivity contribution in [2.75, 3.05) is 31.5 Å². The number of rotatable bonds is 5. The van der Waals surface area contributed by atoms with Gasteiger partial charge in [-0.3, -0.25) is 14.5 Å². The molecule has 1 saturated carbocycles. The molecule has 2 fully saturated rings. The van der Waals surface area contributed by atoms with Crippen LogP contribution in [0.5, 0.6) is 0 Å². The number of imidazole rings is 1. The predicted molar refractivity (Wildman–Crippen MR) is 124 cm³/mol. The SMILES string of the molecule is Cc1ccn2c(CN3CCN(C(=O)c4ccc(NC(=O)C5CC5)cc4)CC3)c(C)nc2c1. The first-order chi connectivity index (χ1) is 15.5. The second-order valence-electron chi connectivity index (χ2n) is 8.99. The van der Waals surface area contributed by atoms with E-state index in [1.807, 2.05) is 17.0 Å². The molecule has 7 nitrogen and oxygen atoms in total. The fraction of sp³-hybridized carbons (Fsp3) is 0.400. The van der Waals surface area contributed by atoms with Gasteiger partial charge in [-0.25, -0.2) is 4.98 Å². The summed E-state index contributed by atoms with van der Waals surface area (Å²) in [5, 5.41) is 2.92. The van der Waals surface area contributed by atoms with Crippen LogP contribution in [-0.2, 0) is 11.3 Å². The van der Waals surface area contributed by atoms with Gasteiger partial charge in [0.2, 0.25) is 5.91 Å². The van der Waals surface area contributed by atoms with Crippen LogP contribution >= 0.6 is 0 Å². The molecular weight excluding hydrogens is 402 g/mol. The molecule has 0 radical (unpaired) electrons. The van der Waals surface area contributed by atoms with Crippen molar-refractivity contribution in [3.63, 3.8) is 0 Å². The molecule has 1 aliphatic carbocycles. The standard InChI is InChI=1S/C25H29N5O2/c1-17-9-10-30-22(18(2)26-23(30)15-17)16-28-11-13-29(14-12-28)25(32)20-5-7-21(8-6-20)27-24(31)19-3-4-19/h5-10,15,19H,3-4,11-14,16H2,1-2H3,(H,27,31). The summed E-state index contributed by atoms with van der Waals surface area (Å²) in [6, 6.07) is 11.5. The summed E-state index contributed by atoms with van der Waals surface area (Å²) < 4.78 is 2.17. The van der Waals surface area contributed by atoms with E-state index in [1.54, 1.807) is 12.1 Å². The zero-order chi connectivity index (χ0) is 22.2. The summed E-state index contributed by atoms with van der Waals surface area (Å²) in [7, 11) is 0. The molecule has 1 aromatic carbocycles. The molecule has 0 unspecified atom stereocenters. The Balaban J connectivity index is 1.18. The third-order valence-corrected chi connectivity index (χ3v) is 6.46. The normalized spacial score (nSPS) is 17.0. The highest BCUT2D eigenvalue weighted by Crippen LogP contribution is 2.30. The van der Waals surface area contributed by atoms with E-state index in [-0.39, 0.29) is 17.7 Å². The molecule has 2 aliphatic rings. The van der Waals surface area contributed by atoms with Crippen molar-refractivity contribution in [3.05, 3.63) is 65.1 Å². The number of fused-ring (bicyclic) bond motifs is 1. The van der Waals surface area contributed by atoms with Crippen molar-refractivity contribution < 1.29 is 9.59 Å². The third-order valence-electron chi connectivity index (χ3n) is 6.46. The van der Waals surface area contributed by atoms with Crippen LogP contribution < -0.4 is 5.32 Å². The number of hydrogen-bond donors (Lipinski definition) is 1. The van der Waals surface area contributed by atoms with E-state index in [0.29, 0.717) is 18.7 Å². The van der Waals surface area contributed by atoms with Gasteiger partial charge in [0.25, 0.3) is 5.91 Å². The van der Waals surface area contributed by atoms with E-state index in [0.717, 1.165) is 49.5 Å². The molecule has 0 spiro atoms. The van der Waals surface area contributed by atoms with Crippen LogP contribution in [0, 0.1) is 19.8 Å². The minimum atomic E-state index is 0.0474. The third kappa shape index (κ3) is 4.25. The van der Waals surface area contributed by atoms with Crippen LogP contribution in [0.25, 0.3) is 5.65 Å². The lowest BCUT2D eigenvalue weighted by atomic mass is 10.1. The average Bonchev–Trinajstić information content (AvgIpc) is 3.60. The number of carbonyl (C=O) groups excluding carboxylic acids is 2. The van der Waals surface area contributed by atoms with Gasteiger partial charge in [0, 0.05) is 56.1 Å². The summed E-state index contributed by atoms with van der Waals surface area (Å²) >= 11 is 0. The highest BCUT2D eigenvalue weighted by molar-refractivity contribution is 5.96. The van der Waals surface area contributed by atoms with Gasteiger partial charge < -0.3 is 14.6 Å². The molecule has 1 aliphatic heterocycles. The Morgan fingerprint density at radius 2 is 1.75 bits per heavy atom. The fourth-order valence-electron chi connectivity index (χ4n) is 4.29. The molecule has 1 N–H and O–H groups in total. The van der Waals surface area contributed by atoms with Crippen molar-refractivity contribution in [1.29, 1.82) is 0 Å². The van der Waals surface area contributed by atoms with E-state index < -0.39 is 0 Å². The highest BCUT2D eigenvalue weighted by Gasteiger charge is 2.29. The van der Waals surface area contributed by atoms with Crippen molar-refractivity contribution >= 4 is 23.1 Å². The van der Waals surface area contributed by atoms with Crippen LogP contribution in [-0.4, -0.2) is 57.2 Å². The molecule has 3 aromatic rings. The molecule has 0 bridgehead atoms.